The van der Waals surface area contributed by atoms with E-state index in [9.17, 15) is 43.2 Å². The standard InChI is InChI=1S/C21H27N3O9.C15H20O6/c1-13(2)16(25)31-10-7-22-19(28)23(8-11-32-17(26)14(3)4)21(30)24(20(22)29)9-12-33-18(27)15(5)6;1-5-12(16)19-9-15(8-4,10-20-13(17)6-2)11-21-14(18)7-3/h1,3,5,7-12H2,2,4,6H3;5-7H,1-3,8-11H2,4H3. The summed E-state index contributed by atoms with van der Waals surface area (Å²) in [6.45, 7) is 23.9. The van der Waals surface area contributed by atoms with Gasteiger partial charge < -0.3 is 28.4 Å². The predicted octanol–water partition coefficient (Wildman–Crippen LogP) is 1.10. The molecule has 0 bridgehead atoms. The van der Waals surface area contributed by atoms with Crippen LogP contribution in [0.15, 0.2) is 88.8 Å². The summed E-state index contributed by atoms with van der Waals surface area (Å²) in [5.74, 6) is -3.98. The number of rotatable bonds is 22. The molecular formula is C36H47N3O15. The fourth-order valence-corrected chi connectivity index (χ4v) is 3.60. The van der Waals surface area contributed by atoms with Gasteiger partial charge in [-0.25, -0.2) is 56.9 Å². The van der Waals surface area contributed by atoms with Crippen LogP contribution in [0.3, 0.4) is 0 Å². The maximum Gasteiger partial charge on any atom is 0.336 e. The lowest BCUT2D eigenvalue weighted by Gasteiger charge is -2.30. The molecule has 0 unspecified atom stereocenters. The third-order valence-corrected chi connectivity index (χ3v) is 6.89. The first-order chi connectivity index (χ1) is 25.3. The topological polar surface area (TPSA) is 224 Å². The van der Waals surface area contributed by atoms with Crippen molar-refractivity contribution in [2.24, 2.45) is 5.41 Å². The Hall–Kier alpha value is -6.33. The van der Waals surface area contributed by atoms with Crippen LogP contribution in [0.2, 0.25) is 0 Å². The third-order valence-electron chi connectivity index (χ3n) is 6.89. The smallest absolute Gasteiger partial charge is 0.336 e. The molecule has 1 aromatic heterocycles. The molecule has 0 aliphatic heterocycles. The van der Waals surface area contributed by atoms with Crippen LogP contribution in [0.4, 0.5) is 0 Å². The maximum atomic E-state index is 12.8. The van der Waals surface area contributed by atoms with Crippen LogP contribution in [-0.4, -0.2) is 89.2 Å². The lowest BCUT2D eigenvalue weighted by molar-refractivity contribution is -0.156. The molecule has 18 heteroatoms. The molecule has 0 spiro atoms. The van der Waals surface area contributed by atoms with Gasteiger partial charge in [0.1, 0.15) is 39.6 Å². The molecule has 0 aromatic carbocycles. The first-order valence-electron chi connectivity index (χ1n) is 16.1. The molecule has 0 saturated heterocycles. The molecule has 1 aromatic rings. The highest BCUT2D eigenvalue weighted by Crippen LogP contribution is 2.24. The summed E-state index contributed by atoms with van der Waals surface area (Å²) in [6.07, 6.45) is 3.51. The van der Waals surface area contributed by atoms with Crippen LogP contribution in [0.5, 0.6) is 0 Å². The quantitative estimate of drug-likeness (QED) is 0.0917. The highest BCUT2D eigenvalue weighted by molar-refractivity contribution is 5.87. The molecule has 0 fully saturated rings. The van der Waals surface area contributed by atoms with Crippen LogP contribution in [0, 0.1) is 5.41 Å². The number of nitrogens with zero attached hydrogens (tertiary/aromatic N) is 3. The number of carbonyl (C=O) groups excluding carboxylic acids is 6. The fraction of sp³-hybridized carbons (Fsp3) is 0.417. The van der Waals surface area contributed by atoms with E-state index in [-0.39, 0.29) is 76.0 Å². The second kappa shape index (κ2) is 24.0. The van der Waals surface area contributed by atoms with Gasteiger partial charge in [-0.15, -0.1) is 0 Å². The molecule has 0 atom stereocenters. The first kappa shape index (κ1) is 47.7. The minimum Gasteiger partial charge on any atom is -0.462 e. The van der Waals surface area contributed by atoms with Crippen LogP contribution in [0.1, 0.15) is 34.1 Å². The third kappa shape index (κ3) is 16.3. The maximum absolute atomic E-state index is 12.8. The van der Waals surface area contributed by atoms with Gasteiger partial charge in [0.2, 0.25) is 0 Å². The van der Waals surface area contributed by atoms with E-state index in [0.717, 1.165) is 18.2 Å². The van der Waals surface area contributed by atoms with Gasteiger partial charge >= 0.3 is 52.9 Å². The SMILES string of the molecule is C=C(C)C(=O)OCCn1c(=O)n(CCOC(=O)C(=C)C)c(=O)n(CCOC(=O)C(=C)C)c1=O.C=CC(=O)OCC(CC)(COC(=O)C=C)COC(=O)C=C. The van der Waals surface area contributed by atoms with E-state index in [1.807, 2.05) is 0 Å². The molecule has 0 saturated carbocycles. The van der Waals surface area contributed by atoms with Crippen molar-refractivity contribution in [3.63, 3.8) is 0 Å². The first-order valence-corrected chi connectivity index (χ1v) is 16.1. The van der Waals surface area contributed by atoms with E-state index >= 15 is 0 Å². The van der Waals surface area contributed by atoms with Crippen molar-refractivity contribution in [3.8, 4) is 0 Å². The van der Waals surface area contributed by atoms with Gasteiger partial charge in [0, 0.05) is 34.9 Å². The Morgan fingerprint density at radius 2 is 0.759 bits per heavy atom. The minimum atomic E-state index is -0.988. The van der Waals surface area contributed by atoms with Gasteiger partial charge in [0.25, 0.3) is 0 Å². The molecular weight excluding hydrogens is 714 g/mol. The van der Waals surface area contributed by atoms with Crippen LogP contribution in [0.25, 0.3) is 0 Å². The number of carbonyl (C=O) groups is 6. The molecule has 0 aliphatic carbocycles. The summed E-state index contributed by atoms with van der Waals surface area (Å²) < 4.78 is 31.8. The van der Waals surface area contributed by atoms with Crippen molar-refractivity contribution in [3.05, 3.63) is 106 Å². The van der Waals surface area contributed by atoms with E-state index < -0.39 is 58.3 Å². The van der Waals surface area contributed by atoms with Crippen molar-refractivity contribution in [2.45, 2.75) is 53.8 Å². The Labute approximate surface area is 311 Å². The average Bonchev–Trinajstić information content (AvgIpc) is 3.14. The van der Waals surface area contributed by atoms with Crippen molar-refractivity contribution in [1.29, 1.82) is 0 Å². The van der Waals surface area contributed by atoms with Gasteiger partial charge in [-0.3, -0.25) is 0 Å². The largest absolute Gasteiger partial charge is 0.462 e. The van der Waals surface area contributed by atoms with Gasteiger partial charge in [0.05, 0.1) is 25.0 Å². The Morgan fingerprint density at radius 3 is 0.944 bits per heavy atom. The summed E-state index contributed by atoms with van der Waals surface area (Å²) in [7, 11) is 0. The molecule has 18 nitrogen and oxygen atoms in total. The zero-order chi connectivity index (χ0) is 41.6. The van der Waals surface area contributed by atoms with Crippen LogP contribution < -0.4 is 17.1 Å². The number of hydrogen-bond donors (Lipinski definition) is 0. The molecule has 0 N–H and O–H groups in total. The summed E-state index contributed by atoms with van der Waals surface area (Å²) in [6, 6.07) is 0. The summed E-state index contributed by atoms with van der Waals surface area (Å²) in [5, 5.41) is 0. The lowest BCUT2D eigenvalue weighted by atomic mass is 9.88. The molecule has 0 aliphatic rings. The monoisotopic (exact) mass is 761 g/mol. The van der Waals surface area contributed by atoms with E-state index in [0.29, 0.717) is 20.1 Å². The van der Waals surface area contributed by atoms with E-state index in [4.69, 9.17) is 28.4 Å². The average molecular weight is 762 g/mol. The molecule has 0 amide bonds. The van der Waals surface area contributed by atoms with Gasteiger partial charge in [-0.05, 0) is 27.2 Å². The molecule has 1 rings (SSSR count). The van der Waals surface area contributed by atoms with E-state index in [1.54, 1.807) is 6.92 Å². The molecule has 1 heterocycles. The Bertz CT molecular complexity index is 1580. The number of hydrogen-bond acceptors (Lipinski definition) is 15. The Balaban J connectivity index is 0.00000115. The number of aromatic nitrogens is 3. The minimum absolute atomic E-state index is 0.0802. The van der Waals surface area contributed by atoms with Gasteiger partial charge in [-0.2, -0.15) is 0 Å². The van der Waals surface area contributed by atoms with Crippen LogP contribution in [-0.2, 0) is 76.8 Å². The fourth-order valence-electron chi connectivity index (χ4n) is 3.60. The highest BCUT2D eigenvalue weighted by Gasteiger charge is 2.33. The second-order valence-electron chi connectivity index (χ2n) is 11.3. The molecule has 54 heavy (non-hydrogen) atoms. The Kier molecular flexibility index (Phi) is 21.2. The zero-order valence-electron chi connectivity index (χ0n) is 31.0. The second-order valence-corrected chi connectivity index (χ2v) is 11.3. The zero-order valence-corrected chi connectivity index (χ0v) is 31.0. The molecule has 0 radical (unpaired) electrons. The molecule has 296 valence electrons. The van der Waals surface area contributed by atoms with Crippen molar-refractivity contribution in [2.75, 3.05) is 39.6 Å². The van der Waals surface area contributed by atoms with E-state index in [2.05, 4.69) is 39.5 Å². The van der Waals surface area contributed by atoms with E-state index in [1.165, 1.54) is 20.8 Å². The van der Waals surface area contributed by atoms with Crippen LogP contribution >= 0.6 is 0 Å². The number of esters is 6. The van der Waals surface area contributed by atoms with Crippen molar-refractivity contribution >= 4 is 35.8 Å². The van der Waals surface area contributed by atoms with Gasteiger partial charge in [0.15, 0.2) is 0 Å². The lowest BCUT2D eigenvalue weighted by Crippen LogP contribution is -2.55. The predicted molar refractivity (Wildman–Crippen MR) is 193 cm³/mol. The normalized spacial score (nSPS) is 10.2. The summed E-state index contributed by atoms with van der Waals surface area (Å²) >= 11 is 0. The summed E-state index contributed by atoms with van der Waals surface area (Å²) in [5.41, 5.74) is -3.42. The number of ether oxygens (including phenoxy) is 6. The van der Waals surface area contributed by atoms with Crippen molar-refractivity contribution < 1.29 is 57.2 Å². The summed E-state index contributed by atoms with van der Waals surface area (Å²) in [4.78, 5) is 106. The highest BCUT2D eigenvalue weighted by atomic mass is 16.6. The van der Waals surface area contributed by atoms with Crippen molar-refractivity contribution in [1.82, 2.24) is 13.7 Å². The Morgan fingerprint density at radius 1 is 0.519 bits per heavy atom. The van der Waals surface area contributed by atoms with Gasteiger partial charge in [-0.1, -0.05) is 46.4 Å².